The molecule has 0 aliphatic heterocycles. The van der Waals surface area contributed by atoms with Crippen LogP contribution in [0.25, 0.3) is 0 Å². The number of para-hydroxylation sites is 1. The first kappa shape index (κ1) is 19.4. The van der Waals surface area contributed by atoms with Crippen LogP contribution >= 0.6 is 0 Å². The van der Waals surface area contributed by atoms with Crippen LogP contribution in [0, 0.1) is 0 Å². The number of hydrogen-bond acceptors (Lipinski definition) is 3. The first-order valence-electron chi connectivity index (χ1n) is 9.32. The molecule has 0 saturated heterocycles. The molecule has 1 aliphatic rings. The van der Waals surface area contributed by atoms with Gasteiger partial charge in [-0.25, -0.2) is 8.42 Å². The van der Waals surface area contributed by atoms with Crippen molar-refractivity contribution < 1.29 is 13.2 Å². The normalized spacial score (nSPS) is 15.3. The van der Waals surface area contributed by atoms with Crippen LogP contribution in [0.5, 0.6) is 0 Å². The summed E-state index contributed by atoms with van der Waals surface area (Å²) in [5, 5.41) is 0. The summed E-state index contributed by atoms with van der Waals surface area (Å²) < 4.78 is 26.9. The Morgan fingerprint density at radius 3 is 2.07 bits per heavy atom. The third-order valence-electron chi connectivity index (χ3n) is 5.32. The van der Waals surface area contributed by atoms with Gasteiger partial charge in [-0.2, -0.15) is 0 Å². The molecule has 1 amide bonds. The van der Waals surface area contributed by atoms with E-state index >= 15 is 0 Å². The molecule has 0 heterocycles. The zero-order valence-corrected chi connectivity index (χ0v) is 16.7. The molecular formula is C21H26N2O3S. The lowest BCUT2D eigenvalue weighted by Crippen LogP contribution is -2.38. The van der Waals surface area contributed by atoms with Crippen LogP contribution in [0.3, 0.4) is 0 Å². The van der Waals surface area contributed by atoms with Crippen molar-refractivity contribution in [2.45, 2.75) is 43.0 Å². The summed E-state index contributed by atoms with van der Waals surface area (Å²) in [5.41, 5.74) is 1.11. The van der Waals surface area contributed by atoms with Crippen molar-refractivity contribution in [3.63, 3.8) is 0 Å². The Balaban J connectivity index is 1.77. The van der Waals surface area contributed by atoms with Crippen molar-refractivity contribution in [2.24, 2.45) is 0 Å². The Hall–Kier alpha value is -2.34. The molecule has 0 unspecified atom stereocenters. The monoisotopic (exact) mass is 386 g/mol. The van der Waals surface area contributed by atoms with Gasteiger partial charge in [0.2, 0.25) is 0 Å². The zero-order valence-electron chi connectivity index (χ0n) is 15.8. The summed E-state index contributed by atoms with van der Waals surface area (Å²) in [6, 6.07) is 15.4. The van der Waals surface area contributed by atoms with E-state index in [2.05, 4.69) is 0 Å². The molecule has 27 heavy (non-hydrogen) atoms. The summed E-state index contributed by atoms with van der Waals surface area (Å²) in [5.74, 6) is -0.0535. The quantitative estimate of drug-likeness (QED) is 0.783. The maximum atomic E-state index is 12.8. The van der Waals surface area contributed by atoms with E-state index in [-0.39, 0.29) is 16.8 Å². The third-order valence-corrected chi connectivity index (χ3v) is 7.12. The van der Waals surface area contributed by atoms with Gasteiger partial charge in [0, 0.05) is 25.7 Å². The highest BCUT2D eigenvalue weighted by Gasteiger charge is 2.25. The molecule has 0 atom stereocenters. The van der Waals surface area contributed by atoms with E-state index in [0.717, 1.165) is 25.7 Å². The van der Waals surface area contributed by atoms with Crippen molar-refractivity contribution in [1.29, 1.82) is 0 Å². The number of nitrogens with zero attached hydrogens (tertiary/aromatic N) is 2. The molecule has 5 nitrogen and oxygen atoms in total. The fraction of sp³-hybridized carbons (Fsp3) is 0.381. The Morgan fingerprint density at radius 1 is 0.889 bits per heavy atom. The first-order chi connectivity index (χ1) is 12.9. The number of carbonyl (C=O) groups excluding carboxylic acids is 1. The second kappa shape index (κ2) is 8.13. The van der Waals surface area contributed by atoms with Gasteiger partial charge in [-0.15, -0.1) is 0 Å². The topological polar surface area (TPSA) is 57.7 Å². The minimum absolute atomic E-state index is 0.0535. The zero-order chi connectivity index (χ0) is 19.4. The minimum atomic E-state index is -3.67. The minimum Gasteiger partial charge on any atom is -0.339 e. The number of rotatable bonds is 5. The van der Waals surface area contributed by atoms with Crippen LogP contribution in [-0.4, -0.2) is 39.4 Å². The van der Waals surface area contributed by atoms with Gasteiger partial charge in [-0.1, -0.05) is 37.5 Å². The van der Waals surface area contributed by atoms with Gasteiger partial charge < -0.3 is 4.90 Å². The lowest BCUT2D eigenvalue weighted by Gasteiger charge is -2.31. The van der Waals surface area contributed by atoms with Crippen molar-refractivity contribution in [2.75, 3.05) is 18.4 Å². The van der Waals surface area contributed by atoms with E-state index in [1.807, 2.05) is 13.1 Å². The molecule has 0 spiro atoms. The molecule has 1 saturated carbocycles. The van der Waals surface area contributed by atoms with E-state index in [4.69, 9.17) is 0 Å². The number of benzene rings is 2. The largest absolute Gasteiger partial charge is 0.339 e. The second-order valence-electron chi connectivity index (χ2n) is 7.04. The second-order valence-corrected chi connectivity index (χ2v) is 9.01. The van der Waals surface area contributed by atoms with Gasteiger partial charge in [-0.3, -0.25) is 9.10 Å². The molecule has 6 heteroatoms. The number of hydrogen-bond donors (Lipinski definition) is 0. The van der Waals surface area contributed by atoms with Crippen LogP contribution in [0.4, 0.5) is 5.69 Å². The molecular weight excluding hydrogens is 360 g/mol. The molecule has 1 aliphatic carbocycles. The molecule has 1 fully saturated rings. The summed E-state index contributed by atoms with van der Waals surface area (Å²) in [7, 11) is -0.299. The van der Waals surface area contributed by atoms with Gasteiger partial charge in [0.15, 0.2) is 0 Å². The Labute approximate surface area is 161 Å². The average molecular weight is 387 g/mol. The number of sulfonamides is 1. The third kappa shape index (κ3) is 4.16. The van der Waals surface area contributed by atoms with Gasteiger partial charge in [-0.05, 0) is 49.2 Å². The first-order valence-corrected chi connectivity index (χ1v) is 10.8. The average Bonchev–Trinajstić information content (AvgIpc) is 2.73. The van der Waals surface area contributed by atoms with E-state index in [1.165, 1.54) is 29.9 Å². The van der Waals surface area contributed by atoms with Crippen LogP contribution in [0.1, 0.15) is 42.5 Å². The summed E-state index contributed by atoms with van der Waals surface area (Å²) in [4.78, 5) is 14.7. The van der Waals surface area contributed by atoms with Crippen LogP contribution in [0.15, 0.2) is 59.5 Å². The molecule has 3 rings (SSSR count). The van der Waals surface area contributed by atoms with Crippen molar-refractivity contribution >= 4 is 21.6 Å². The Morgan fingerprint density at radius 2 is 1.48 bits per heavy atom. The molecule has 0 bridgehead atoms. The number of carbonyl (C=O) groups is 1. The number of amides is 1. The van der Waals surface area contributed by atoms with Crippen LogP contribution in [0.2, 0.25) is 0 Å². The molecule has 0 radical (unpaired) electrons. The van der Waals surface area contributed by atoms with Crippen LogP contribution in [-0.2, 0) is 10.0 Å². The summed E-state index contributed by atoms with van der Waals surface area (Å²) in [6.07, 6.45) is 5.63. The lowest BCUT2D eigenvalue weighted by atomic mass is 9.94. The van der Waals surface area contributed by atoms with E-state index < -0.39 is 10.0 Å². The maximum Gasteiger partial charge on any atom is 0.264 e. The molecule has 144 valence electrons. The highest BCUT2D eigenvalue weighted by molar-refractivity contribution is 7.92. The molecule has 2 aromatic rings. The predicted octanol–water partition coefficient (Wildman–Crippen LogP) is 3.92. The predicted molar refractivity (Wildman–Crippen MR) is 107 cm³/mol. The lowest BCUT2D eigenvalue weighted by molar-refractivity contribution is 0.0696. The van der Waals surface area contributed by atoms with Gasteiger partial charge in [0.05, 0.1) is 10.6 Å². The molecule has 0 N–H and O–H groups in total. The van der Waals surface area contributed by atoms with Crippen LogP contribution < -0.4 is 4.31 Å². The standard InChI is InChI=1S/C21H26N2O3S/c1-22(18-9-5-3-6-10-18)21(24)17-13-15-20(16-14-17)27(25,26)23(2)19-11-7-4-8-12-19/h4,7-8,11-16,18H,3,5-6,9-10H2,1-2H3. The summed E-state index contributed by atoms with van der Waals surface area (Å²) >= 11 is 0. The fourth-order valence-corrected chi connectivity index (χ4v) is 4.74. The number of anilines is 1. The van der Waals surface area contributed by atoms with Gasteiger partial charge >= 0.3 is 0 Å². The van der Waals surface area contributed by atoms with Crippen molar-refractivity contribution in [1.82, 2.24) is 4.90 Å². The SMILES string of the molecule is CN(C(=O)c1ccc(S(=O)(=O)N(C)c2ccccc2)cc1)C1CCCCC1. The molecule has 0 aromatic heterocycles. The Kier molecular flexibility index (Phi) is 5.85. The molecule has 2 aromatic carbocycles. The fourth-order valence-electron chi connectivity index (χ4n) is 3.54. The van der Waals surface area contributed by atoms with Crippen molar-refractivity contribution in [3.05, 3.63) is 60.2 Å². The Bertz CT molecular complexity index is 873. The maximum absolute atomic E-state index is 12.8. The van der Waals surface area contributed by atoms with Gasteiger partial charge in [0.1, 0.15) is 0 Å². The summed E-state index contributed by atoms with van der Waals surface area (Å²) in [6.45, 7) is 0. The van der Waals surface area contributed by atoms with Gasteiger partial charge in [0.25, 0.3) is 15.9 Å². The van der Waals surface area contributed by atoms with E-state index in [0.29, 0.717) is 11.3 Å². The highest BCUT2D eigenvalue weighted by atomic mass is 32.2. The highest BCUT2D eigenvalue weighted by Crippen LogP contribution is 2.24. The smallest absolute Gasteiger partial charge is 0.264 e. The van der Waals surface area contributed by atoms with Crippen molar-refractivity contribution in [3.8, 4) is 0 Å². The van der Waals surface area contributed by atoms with E-state index in [1.54, 1.807) is 41.3 Å². The van der Waals surface area contributed by atoms with E-state index in [9.17, 15) is 13.2 Å².